The van der Waals surface area contributed by atoms with Crippen LogP contribution in [0.15, 0.2) is 6.07 Å². The van der Waals surface area contributed by atoms with Gasteiger partial charge in [0.1, 0.15) is 5.15 Å². The second-order valence-electron chi connectivity index (χ2n) is 4.90. The molecule has 1 aromatic heterocycles. The van der Waals surface area contributed by atoms with E-state index in [1.807, 2.05) is 0 Å². The molecule has 1 saturated carbocycles. The fourth-order valence-corrected chi connectivity index (χ4v) is 3.11. The summed E-state index contributed by atoms with van der Waals surface area (Å²) in [5.74, 6) is -2.42. The molecule has 108 valence electrons. The Morgan fingerprint density at radius 3 is 2.60 bits per heavy atom. The number of aryl methyl sites for hydroxylation is 1. The van der Waals surface area contributed by atoms with Crippen molar-refractivity contribution in [1.82, 2.24) is 4.98 Å². The highest BCUT2D eigenvalue weighted by atomic mass is 35.5. The normalized spacial score (nSPS) is 21.8. The summed E-state index contributed by atoms with van der Waals surface area (Å²) in [6, 6.07) is 1.59. The van der Waals surface area contributed by atoms with Gasteiger partial charge in [0.15, 0.2) is 5.15 Å². The molecule has 7 heteroatoms. The van der Waals surface area contributed by atoms with E-state index in [0.717, 1.165) is 6.42 Å². The monoisotopic (exact) mass is 316 g/mol. The number of carboxylic acids is 1. The third-order valence-electron chi connectivity index (χ3n) is 3.56. The molecule has 1 aliphatic rings. The zero-order valence-electron chi connectivity index (χ0n) is 10.8. The summed E-state index contributed by atoms with van der Waals surface area (Å²) < 4.78 is 0. The number of carboxylic acid groups (broad SMARTS) is 1. The quantitative estimate of drug-likeness (QED) is 0.840. The van der Waals surface area contributed by atoms with Gasteiger partial charge >= 0.3 is 5.97 Å². The van der Waals surface area contributed by atoms with Crippen molar-refractivity contribution in [3.8, 4) is 0 Å². The second kappa shape index (κ2) is 5.97. The number of rotatable bonds is 3. The fraction of sp³-hybridized carbons (Fsp3) is 0.462. The Balaban J connectivity index is 2.18. The molecule has 1 fully saturated rings. The molecule has 2 N–H and O–H groups in total. The topological polar surface area (TPSA) is 79.3 Å². The van der Waals surface area contributed by atoms with Crippen molar-refractivity contribution in [2.24, 2.45) is 11.8 Å². The number of carbonyl (C=O) groups is 2. The van der Waals surface area contributed by atoms with Gasteiger partial charge in [-0.2, -0.15) is 0 Å². The molecule has 0 aliphatic heterocycles. The van der Waals surface area contributed by atoms with E-state index in [1.54, 1.807) is 13.0 Å². The number of nitrogens with zero attached hydrogens (tertiary/aromatic N) is 1. The lowest BCUT2D eigenvalue weighted by atomic mass is 9.95. The molecule has 1 aliphatic carbocycles. The van der Waals surface area contributed by atoms with Gasteiger partial charge in [-0.15, -0.1) is 0 Å². The van der Waals surface area contributed by atoms with E-state index in [1.165, 1.54) is 0 Å². The molecule has 0 radical (unpaired) electrons. The van der Waals surface area contributed by atoms with Gasteiger partial charge in [-0.05, 0) is 31.4 Å². The van der Waals surface area contributed by atoms with Crippen LogP contribution in [-0.4, -0.2) is 22.0 Å². The van der Waals surface area contributed by atoms with Crippen LogP contribution in [-0.2, 0) is 9.59 Å². The highest BCUT2D eigenvalue weighted by molar-refractivity contribution is 6.34. The fourth-order valence-electron chi connectivity index (χ4n) is 2.53. The molecule has 1 heterocycles. The number of nitrogens with one attached hydrogen (secondary N) is 1. The summed E-state index contributed by atoms with van der Waals surface area (Å²) in [5.41, 5.74) is 1.07. The molecule has 2 unspecified atom stereocenters. The number of hydrogen-bond donors (Lipinski definition) is 2. The van der Waals surface area contributed by atoms with Crippen LogP contribution in [0.1, 0.15) is 24.8 Å². The molecular formula is C13H14Cl2N2O3. The van der Waals surface area contributed by atoms with Crippen LogP contribution in [0, 0.1) is 18.8 Å². The van der Waals surface area contributed by atoms with Crippen molar-refractivity contribution in [2.75, 3.05) is 5.32 Å². The Bertz CT molecular complexity index is 540. The van der Waals surface area contributed by atoms with E-state index in [4.69, 9.17) is 28.3 Å². The minimum atomic E-state index is -0.931. The molecule has 5 nitrogen and oxygen atoms in total. The summed E-state index contributed by atoms with van der Waals surface area (Å²) in [5, 5.41) is 12.1. The third-order valence-corrected chi connectivity index (χ3v) is 4.03. The van der Waals surface area contributed by atoms with Crippen molar-refractivity contribution >= 4 is 40.8 Å². The highest BCUT2D eigenvalue weighted by Gasteiger charge is 2.38. The van der Waals surface area contributed by atoms with Gasteiger partial charge in [0, 0.05) is 0 Å². The minimum Gasteiger partial charge on any atom is -0.481 e. The number of amides is 1. The number of aliphatic carboxylic acids is 1. The van der Waals surface area contributed by atoms with Crippen LogP contribution in [0.2, 0.25) is 10.3 Å². The number of hydrogen-bond acceptors (Lipinski definition) is 3. The van der Waals surface area contributed by atoms with Gasteiger partial charge in [-0.1, -0.05) is 29.6 Å². The molecule has 0 aromatic carbocycles. The van der Waals surface area contributed by atoms with Gasteiger partial charge in [0.05, 0.1) is 17.5 Å². The molecule has 2 atom stereocenters. The van der Waals surface area contributed by atoms with Gasteiger partial charge in [-0.3, -0.25) is 9.59 Å². The van der Waals surface area contributed by atoms with Crippen LogP contribution in [0.3, 0.4) is 0 Å². The van der Waals surface area contributed by atoms with Crippen LogP contribution in [0.4, 0.5) is 5.69 Å². The highest BCUT2D eigenvalue weighted by Crippen LogP contribution is 2.34. The largest absolute Gasteiger partial charge is 0.481 e. The van der Waals surface area contributed by atoms with E-state index < -0.39 is 17.8 Å². The maximum absolute atomic E-state index is 12.2. The molecule has 0 bridgehead atoms. The van der Waals surface area contributed by atoms with Gasteiger partial charge in [0.2, 0.25) is 5.91 Å². The van der Waals surface area contributed by atoms with Gasteiger partial charge in [-0.25, -0.2) is 4.98 Å². The summed E-state index contributed by atoms with van der Waals surface area (Å²) in [6.45, 7) is 1.75. The SMILES string of the molecule is Cc1cc(Cl)nc(Cl)c1NC(=O)C1CCCC1C(=O)O. The number of aromatic nitrogens is 1. The maximum Gasteiger partial charge on any atom is 0.307 e. The summed E-state index contributed by atoms with van der Waals surface area (Å²) >= 11 is 11.7. The van der Waals surface area contributed by atoms with Crippen molar-refractivity contribution in [1.29, 1.82) is 0 Å². The number of anilines is 1. The van der Waals surface area contributed by atoms with Crippen molar-refractivity contribution in [2.45, 2.75) is 26.2 Å². The summed E-state index contributed by atoms with van der Waals surface area (Å²) in [4.78, 5) is 27.2. The number of halogens is 2. The van der Waals surface area contributed by atoms with Crippen LogP contribution >= 0.6 is 23.2 Å². The summed E-state index contributed by atoms with van der Waals surface area (Å²) in [7, 11) is 0. The van der Waals surface area contributed by atoms with Crippen LogP contribution in [0.25, 0.3) is 0 Å². The van der Waals surface area contributed by atoms with E-state index in [0.29, 0.717) is 24.1 Å². The molecular weight excluding hydrogens is 303 g/mol. The van der Waals surface area contributed by atoms with Crippen LogP contribution < -0.4 is 5.32 Å². The van der Waals surface area contributed by atoms with Gasteiger partial charge in [0.25, 0.3) is 0 Å². The van der Waals surface area contributed by atoms with Crippen molar-refractivity contribution in [3.63, 3.8) is 0 Å². The van der Waals surface area contributed by atoms with E-state index in [2.05, 4.69) is 10.3 Å². The zero-order valence-corrected chi connectivity index (χ0v) is 12.3. The molecule has 1 aromatic rings. The first kappa shape index (κ1) is 15.1. The Morgan fingerprint density at radius 1 is 1.35 bits per heavy atom. The van der Waals surface area contributed by atoms with Crippen molar-refractivity contribution in [3.05, 3.63) is 21.9 Å². The second-order valence-corrected chi connectivity index (χ2v) is 5.64. The summed E-state index contributed by atoms with van der Waals surface area (Å²) in [6.07, 6.45) is 1.83. The lowest BCUT2D eigenvalue weighted by Crippen LogP contribution is -2.30. The molecule has 0 saturated heterocycles. The Labute approximate surface area is 126 Å². The number of carbonyl (C=O) groups excluding carboxylic acids is 1. The lowest BCUT2D eigenvalue weighted by molar-refractivity contribution is -0.145. The molecule has 0 spiro atoms. The Kier molecular flexibility index (Phi) is 4.50. The predicted octanol–water partition coefficient (Wildman–Crippen LogP) is 3.14. The minimum absolute atomic E-state index is 0.105. The standard InChI is InChI=1S/C13H14Cl2N2O3/c1-6-5-9(14)16-11(15)10(6)17-12(18)7-3-2-4-8(7)13(19)20/h5,7-8H,2-4H2,1H3,(H,17,18)(H,19,20). The van der Waals surface area contributed by atoms with Crippen molar-refractivity contribution < 1.29 is 14.7 Å². The van der Waals surface area contributed by atoms with E-state index in [-0.39, 0.29) is 16.2 Å². The van der Waals surface area contributed by atoms with Crippen LogP contribution in [0.5, 0.6) is 0 Å². The number of pyridine rings is 1. The Morgan fingerprint density at radius 2 is 2.00 bits per heavy atom. The van der Waals surface area contributed by atoms with Gasteiger partial charge < -0.3 is 10.4 Å². The first-order valence-electron chi connectivity index (χ1n) is 6.26. The lowest BCUT2D eigenvalue weighted by Gasteiger charge is -2.17. The average Bonchev–Trinajstić information content (AvgIpc) is 2.82. The molecule has 20 heavy (non-hydrogen) atoms. The first-order chi connectivity index (χ1) is 9.40. The molecule has 2 rings (SSSR count). The zero-order chi connectivity index (χ0) is 14.9. The third kappa shape index (κ3) is 3.04. The van der Waals surface area contributed by atoms with E-state index in [9.17, 15) is 9.59 Å². The smallest absolute Gasteiger partial charge is 0.307 e. The predicted molar refractivity (Wildman–Crippen MR) is 76.1 cm³/mol. The molecule has 1 amide bonds. The Hall–Kier alpha value is -1.33. The first-order valence-corrected chi connectivity index (χ1v) is 7.02. The van der Waals surface area contributed by atoms with E-state index >= 15 is 0 Å². The maximum atomic E-state index is 12.2. The average molecular weight is 317 g/mol.